The Morgan fingerprint density at radius 1 is 1.22 bits per heavy atom. The van der Waals surface area contributed by atoms with Crippen LogP contribution in [0.2, 0.25) is 0 Å². The summed E-state index contributed by atoms with van der Waals surface area (Å²) in [7, 11) is 2.17. The molecule has 1 aromatic carbocycles. The SMILES string of the molecule is CCN(C)CC(C)NCCc1ccc(C)c(C)c1. The van der Waals surface area contributed by atoms with Crippen LogP contribution in [0.1, 0.15) is 30.5 Å². The molecule has 0 aliphatic rings. The van der Waals surface area contributed by atoms with Crippen molar-refractivity contribution < 1.29 is 0 Å². The Kier molecular flexibility index (Phi) is 6.37. The van der Waals surface area contributed by atoms with Gasteiger partial charge < -0.3 is 10.2 Å². The minimum absolute atomic E-state index is 0.557. The lowest BCUT2D eigenvalue weighted by atomic mass is 10.0. The van der Waals surface area contributed by atoms with Crippen molar-refractivity contribution >= 4 is 0 Å². The molecule has 2 heteroatoms. The Balaban J connectivity index is 2.30. The van der Waals surface area contributed by atoms with E-state index in [0.717, 1.165) is 26.1 Å². The zero-order valence-electron chi connectivity index (χ0n) is 12.6. The molecule has 1 N–H and O–H groups in total. The van der Waals surface area contributed by atoms with E-state index < -0.39 is 0 Å². The van der Waals surface area contributed by atoms with Crippen LogP contribution >= 0.6 is 0 Å². The fraction of sp³-hybridized carbons (Fsp3) is 0.625. The molecule has 0 aliphatic heterocycles. The van der Waals surface area contributed by atoms with Crippen molar-refractivity contribution in [1.82, 2.24) is 10.2 Å². The average molecular weight is 248 g/mol. The molecule has 18 heavy (non-hydrogen) atoms. The first-order valence-corrected chi connectivity index (χ1v) is 7.01. The first-order chi connectivity index (χ1) is 8.52. The predicted molar refractivity (Wildman–Crippen MR) is 80.3 cm³/mol. The molecule has 1 atom stereocenters. The molecule has 102 valence electrons. The molecule has 2 nitrogen and oxygen atoms in total. The standard InChI is InChI=1S/C16H28N2/c1-6-18(5)12-15(4)17-10-9-16-8-7-13(2)14(3)11-16/h7-8,11,15,17H,6,9-10,12H2,1-5H3. The third kappa shape index (κ3) is 5.19. The van der Waals surface area contributed by atoms with E-state index in [4.69, 9.17) is 0 Å². The highest BCUT2D eigenvalue weighted by atomic mass is 15.1. The number of rotatable bonds is 7. The van der Waals surface area contributed by atoms with Gasteiger partial charge >= 0.3 is 0 Å². The summed E-state index contributed by atoms with van der Waals surface area (Å²) >= 11 is 0. The monoisotopic (exact) mass is 248 g/mol. The van der Waals surface area contributed by atoms with E-state index in [1.165, 1.54) is 16.7 Å². The fourth-order valence-corrected chi connectivity index (χ4v) is 2.08. The molecule has 0 radical (unpaired) electrons. The van der Waals surface area contributed by atoms with E-state index in [9.17, 15) is 0 Å². The third-order valence-electron chi connectivity index (χ3n) is 3.60. The molecule has 0 spiro atoms. The smallest absolute Gasteiger partial charge is 0.0166 e. The van der Waals surface area contributed by atoms with Crippen LogP contribution in [-0.4, -0.2) is 37.6 Å². The van der Waals surface area contributed by atoms with Crippen LogP contribution in [0.3, 0.4) is 0 Å². The van der Waals surface area contributed by atoms with Crippen molar-refractivity contribution in [3.63, 3.8) is 0 Å². The van der Waals surface area contributed by atoms with Gasteiger partial charge in [-0.3, -0.25) is 0 Å². The van der Waals surface area contributed by atoms with Crippen LogP contribution in [0, 0.1) is 13.8 Å². The summed E-state index contributed by atoms with van der Waals surface area (Å²) in [4.78, 5) is 2.34. The second kappa shape index (κ2) is 7.55. The lowest BCUT2D eigenvalue weighted by Crippen LogP contribution is -2.38. The van der Waals surface area contributed by atoms with Gasteiger partial charge in [0.05, 0.1) is 0 Å². The number of hydrogen-bond donors (Lipinski definition) is 1. The van der Waals surface area contributed by atoms with Crippen molar-refractivity contribution in [2.45, 2.75) is 40.2 Å². The molecule has 1 aromatic rings. The summed E-state index contributed by atoms with van der Waals surface area (Å²) in [5.41, 5.74) is 4.21. The first-order valence-electron chi connectivity index (χ1n) is 7.01. The number of hydrogen-bond acceptors (Lipinski definition) is 2. The van der Waals surface area contributed by atoms with Crippen LogP contribution < -0.4 is 5.32 Å². The van der Waals surface area contributed by atoms with Gasteiger partial charge in [-0.05, 0) is 64.0 Å². The molecular weight excluding hydrogens is 220 g/mol. The quantitative estimate of drug-likeness (QED) is 0.798. The Bertz CT molecular complexity index is 360. The van der Waals surface area contributed by atoms with Gasteiger partial charge in [0.25, 0.3) is 0 Å². The molecular formula is C16H28N2. The number of nitrogens with zero attached hydrogens (tertiary/aromatic N) is 1. The molecule has 0 heterocycles. The maximum Gasteiger partial charge on any atom is 0.0166 e. The Morgan fingerprint density at radius 3 is 2.56 bits per heavy atom. The molecule has 0 bridgehead atoms. The summed E-state index contributed by atoms with van der Waals surface area (Å²) in [6.07, 6.45) is 1.11. The first kappa shape index (κ1) is 15.2. The molecule has 0 saturated heterocycles. The van der Waals surface area contributed by atoms with Crippen LogP contribution in [0.5, 0.6) is 0 Å². The molecule has 1 rings (SSSR count). The minimum Gasteiger partial charge on any atom is -0.313 e. The fourth-order valence-electron chi connectivity index (χ4n) is 2.08. The lowest BCUT2D eigenvalue weighted by Gasteiger charge is -2.20. The zero-order valence-corrected chi connectivity index (χ0v) is 12.6. The van der Waals surface area contributed by atoms with E-state index in [-0.39, 0.29) is 0 Å². The van der Waals surface area contributed by atoms with Gasteiger partial charge in [0.2, 0.25) is 0 Å². The van der Waals surface area contributed by atoms with E-state index in [1.54, 1.807) is 0 Å². The van der Waals surface area contributed by atoms with Crippen LogP contribution in [0.15, 0.2) is 18.2 Å². The molecule has 0 aromatic heterocycles. The van der Waals surface area contributed by atoms with Gasteiger partial charge in [-0.25, -0.2) is 0 Å². The van der Waals surface area contributed by atoms with E-state index in [0.29, 0.717) is 6.04 Å². The number of likely N-dealkylation sites (N-methyl/N-ethyl adjacent to an activating group) is 1. The maximum atomic E-state index is 3.59. The Morgan fingerprint density at radius 2 is 1.94 bits per heavy atom. The van der Waals surface area contributed by atoms with Crippen LogP contribution in [-0.2, 0) is 6.42 Å². The highest BCUT2D eigenvalue weighted by molar-refractivity contribution is 5.30. The second-order valence-corrected chi connectivity index (χ2v) is 5.38. The summed E-state index contributed by atoms with van der Waals surface area (Å²) in [6, 6.07) is 7.33. The predicted octanol–water partition coefficient (Wildman–Crippen LogP) is 2.78. The second-order valence-electron chi connectivity index (χ2n) is 5.38. The molecule has 0 aliphatic carbocycles. The summed E-state index contributed by atoms with van der Waals surface area (Å²) in [5, 5.41) is 3.59. The number of aryl methyl sites for hydroxylation is 2. The van der Waals surface area contributed by atoms with Crippen molar-refractivity contribution in [3.05, 3.63) is 34.9 Å². The third-order valence-corrected chi connectivity index (χ3v) is 3.60. The lowest BCUT2D eigenvalue weighted by molar-refractivity contribution is 0.311. The average Bonchev–Trinajstić information content (AvgIpc) is 2.33. The van der Waals surface area contributed by atoms with Gasteiger partial charge in [0.15, 0.2) is 0 Å². The molecule has 0 fully saturated rings. The van der Waals surface area contributed by atoms with Crippen molar-refractivity contribution in [2.24, 2.45) is 0 Å². The Hall–Kier alpha value is -0.860. The normalized spacial score (nSPS) is 13.0. The summed E-state index contributed by atoms with van der Waals surface area (Å²) < 4.78 is 0. The molecule has 0 saturated carbocycles. The highest BCUT2D eigenvalue weighted by Crippen LogP contribution is 2.09. The summed E-state index contributed by atoms with van der Waals surface area (Å²) in [5.74, 6) is 0. The van der Waals surface area contributed by atoms with Crippen LogP contribution in [0.4, 0.5) is 0 Å². The van der Waals surface area contributed by atoms with Crippen molar-refractivity contribution in [2.75, 3.05) is 26.7 Å². The largest absolute Gasteiger partial charge is 0.313 e. The minimum atomic E-state index is 0.557. The van der Waals surface area contributed by atoms with E-state index in [1.807, 2.05) is 0 Å². The maximum absolute atomic E-state index is 3.59. The van der Waals surface area contributed by atoms with Crippen molar-refractivity contribution in [1.29, 1.82) is 0 Å². The molecule has 1 unspecified atom stereocenters. The van der Waals surface area contributed by atoms with Gasteiger partial charge in [-0.15, -0.1) is 0 Å². The van der Waals surface area contributed by atoms with E-state index in [2.05, 4.69) is 63.2 Å². The van der Waals surface area contributed by atoms with Gasteiger partial charge in [0, 0.05) is 12.6 Å². The van der Waals surface area contributed by atoms with Crippen LogP contribution in [0.25, 0.3) is 0 Å². The van der Waals surface area contributed by atoms with Gasteiger partial charge in [-0.1, -0.05) is 25.1 Å². The van der Waals surface area contributed by atoms with E-state index >= 15 is 0 Å². The molecule has 0 amide bonds. The Labute approximate surface area is 112 Å². The number of benzene rings is 1. The van der Waals surface area contributed by atoms with Gasteiger partial charge in [-0.2, -0.15) is 0 Å². The highest BCUT2D eigenvalue weighted by Gasteiger charge is 2.04. The zero-order chi connectivity index (χ0) is 13.5. The number of nitrogens with one attached hydrogen (secondary N) is 1. The van der Waals surface area contributed by atoms with Gasteiger partial charge in [0.1, 0.15) is 0 Å². The topological polar surface area (TPSA) is 15.3 Å². The summed E-state index contributed by atoms with van der Waals surface area (Å²) in [6.45, 7) is 12.1. The van der Waals surface area contributed by atoms with Crippen molar-refractivity contribution in [3.8, 4) is 0 Å².